The predicted octanol–water partition coefficient (Wildman–Crippen LogP) is 2.02. The van der Waals surface area contributed by atoms with E-state index in [1.807, 2.05) is 54.6 Å². The van der Waals surface area contributed by atoms with E-state index in [2.05, 4.69) is 10.6 Å². The standard InChI is InChI=1S/C25H35N3O4/c1-17(25(2,3)24(26)31)23(30)28-21(14-18-9-6-5-7-10-18)22(29)16-27-15-19-11-8-12-20(13-19)32-4/h5-13,17,21-22,27,29H,14-16H2,1-4H3,(H2,26,31)(H,28,30)/t17-,21-,22+/m0/s1. The number of amides is 2. The largest absolute Gasteiger partial charge is 0.497 e. The molecule has 0 heterocycles. The van der Waals surface area contributed by atoms with Gasteiger partial charge in [-0.2, -0.15) is 0 Å². The van der Waals surface area contributed by atoms with Gasteiger partial charge in [-0.15, -0.1) is 0 Å². The molecule has 0 saturated carbocycles. The molecule has 5 N–H and O–H groups in total. The lowest BCUT2D eigenvalue weighted by Crippen LogP contribution is -2.53. The van der Waals surface area contributed by atoms with Crippen molar-refractivity contribution < 1.29 is 19.4 Å². The zero-order valence-corrected chi connectivity index (χ0v) is 19.3. The van der Waals surface area contributed by atoms with E-state index >= 15 is 0 Å². The first-order valence-electron chi connectivity index (χ1n) is 10.8. The molecule has 0 aromatic heterocycles. The number of methoxy groups -OCH3 is 1. The molecule has 0 aliphatic carbocycles. The number of primary amides is 1. The molecular weight excluding hydrogens is 406 g/mol. The summed E-state index contributed by atoms with van der Waals surface area (Å²) in [6, 6.07) is 16.8. The Labute approximate surface area is 190 Å². The summed E-state index contributed by atoms with van der Waals surface area (Å²) in [6.07, 6.45) is -0.383. The Morgan fingerprint density at radius 3 is 2.38 bits per heavy atom. The van der Waals surface area contributed by atoms with E-state index in [1.165, 1.54) is 0 Å². The number of aliphatic hydroxyl groups is 1. The first kappa shape index (κ1) is 25.4. The number of carbonyl (C=O) groups excluding carboxylic acids is 2. The van der Waals surface area contributed by atoms with Gasteiger partial charge in [0, 0.05) is 19.0 Å². The predicted molar refractivity (Wildman–Crippen MR) is 125 cm³/mol. The fraction of sp³-hybridized carbons (Fsp3) is 0.440. The van der Waals surface area contributed by atoms with E-state index in [0.717, 1.165) is 16.9 Å². The van der Waals surface area contributed by atoms with Crippen LogP contribution in [0.15, 0.2) is 54.6 Å². The summed E-state index contributed by atoms with van der Waals surface area (Å²) in [5.41, 5.74) is 6.49. The number of nitrogens with two attached hydrogens (primary N) is 1. The van der Waals surface area contributed by atoms with Crippen molar-refractivity contribution in [2.24, 2.45) is 17.1 Å². The van der Waals surface area contributed by atoms with Crippen LogP contribution in [0.25, 0.3) is 0 Å². The Kier molecular flexibility index (Phi) is 9.23. The molecule has 3 atom stereocenters. The molecule has 0 aliphatic rings. The lowest BCUT2D eigenvalue weighted by atomic mass is 9.78. The molecule has 0 bridgehead atoms. The minimum atomic E-state index is -1.00. The third kappa shape index (κ3) is 7.07. The van der Waals surface area contributed by atoms with Crippen LogP contribution >= 0.6 is 0 Å². The number of rotatable bonds is 12. The van der Waals surface area contributed by atoms with E-state index in [1.54, 1.807) is 27.9 Å². The minimum absolute atomic E-state index is 0.280. The number of nitrogens with one attached hydrogen (secondary N) is 2. The summed E-state index contributed by atoms with van der Waals surface area (Å²) in [6.45, 7) is 5.80. The summed E-state index contributed by atoms with van der Waals surface area (Å²) in [7, 11) is 1.62. The van der Waals surface area contributed by atoms with Crippen LogP contribution in [0.3, 0.4) is 0 Å². The Bertz CT molecular complexity index is 886. The second kappa shape index (κ2) is 11.6. The maximum absolute atomic E-state index is 12.9. The second-order valence-electron chi connectivity index (χ2n) is 8.66. The molecule has 0 fully saturated rings. The van der Waals surface area contributed by atoms with Crippen LogP contribution in [0, 0.1) is 11.3 Å². The van der Waals surface area contributed by atoms with Crippen molar-refractivity contribution in [2.45, 2.75) is 45.9 Å². The van der Waals surface area contributed by atoms with E-state index in [0.29, 0.717) is 13.0 Å². The summed E-state index contributed by atoms with van der Waals surface area (Å²) in [5, 5.41) is 17.1. The van der Waals surface area contributed by atoms with Crippen LogP contribution in [0.1, 0.15) is 31.9 Å². The van der Waals surface area contributed by atoms with Crippen LogP contribution in [-0.2, 0) is 22.6 Å². The number of hydrogen-bond acceptors (Lipinski definition) is 5. The van der Waals surface area contributed by atoms with Crippen molar-refractivity contribution in [1.82, 2.24) is 10.6 Å². The monoisotopic (exact) mass is 441 g/mol. The van der Waals surface area contributed by atoms with Gasteiger partial charge in [0.25, 0.3) is 0 Å². The zero-order chi connectivity index (χ0) is 23.7. The molecule has 7 nitrogen and oxygen atoms in total. The first-order chi connectivity index (χ1) is 15.1. The van der Waals surface area contributed by atoms with Crippen LogP contribution < -0.4 is 21.1 Å². The van der Waals surface area contributed by atoms with Gasteiger partial charge in [0.15, 0.2) is 0 Å². The SMILES string of the molecule is COc1cccc(CNC[C@@H](O)[C@H](Cc2ccccc2)NC(=O)[C@H](C)C(C)(C)C(N)=O)c1. The smallest absolute Gasteiger partial charge is 0.224 e. The Hall–Kier alpha value is -2.90. The number of ether oxygens (including phenoxy) is 1. The average molecular weight is 442 g/mol. The van der Waals surface area contributed by atoms with Gasteiger partial charge in [0.1, 0.15) is 5.75 Å². The lowest BCUT2D eigenvalue weighted by molar-refractivity contribution is -0.138. The third-order valence-electron chi connectivity index (χ3n) is 6.02. The summed E-state index contributed by atoms with van der Waals surface area (Å²) in [5.74, 6) is -0.734. The molecule has 7 heteroatoms. The van der Waals surface area contributed by atoms with E-state index in [4.69, 9.17) is 10.5 Å². The Morgan fingerprint density at radius 2 is 1.75 bits per heavy atom. The lowest BCUT2D eigenvalue weighted by Gasteiger charge is -2.31. The zero-order valence-electron chi connectivity index (χ0n) is 19.3. The van der Waals surface area contributed by atoms with Gasteiger partial charge in [0.05, 0.1) is 24.7 Å². The molecule has 0 radical (unpaired) electrons. The van der Waals surface area contributed by atoms with Gasteiger partial charge in [-0.3, -0.25) is 9.59 Å². The van der Waals surface area contributed by atoms with Crippen LogP contribution in [-0.4, -0.2) is 42.7 Å². The molecular formula is C25H35N3O4. The molecule has 0 aliphatic heterocycles. The highest BCUT2D eigenvalue weighted by Gasteiger charge is 2.37. The fourth-order valence-electron chi connectivity index (χ4n) is 3.29. The topological polar surface area (TPSA) is 114 Å². The van der Waals surface area contributed by atoms with Gasteiger partial charge in [0.2, 0.25) is 11.8 Å². The maximum Gasteiger partial charge on any atom is 0.224 e. The van der Waals surface area contributed by atoms with Crippen molar-refractivity contribution in [3.05, 3.63) is 65.7 Å². The first-order valence-corrected chi connectivity index (χ1v) is 10.8. The van der Waals surface area contributed by atoms with Crippen molar-refractivity contribution >= 4 is 11.8 Å². The van der Waals surface area contributed by atoms with Crippen LogP contribution in [0.4, 0.5) is 0 Å². The normalized spacial score (nSPS) is 14.3. The highest BCUT2D eigenvalue weighted by Crippen LogP contribution is 2.26. The van der Waals surface area contributed by atoms with Crippen LogP contribution in [0.2, 0.25) is 0 Å². The molecule has 2 aromatic rings. The Balaban J connectivity index is 2.06. The molecule has 2 rings (SSSR count). The molecule has 0 saturated heterocycles. The van der Waals surface area contributed by atoms with Gasteiger partial charge in [-0.05, 0) is 29.7 Å². The van der Waals surface area contributed by atoms with Crippen LogP contribution in [0.5, 0.6) is 5.75 Å². The molecule has 0 unspecified atom stereocenters. The van der Waals surface area contributed by atoms with Crippen molar-refractivity contribution in [2.75, 3.05) is 13.7 Å². The number of aliphatic hydroxyl groups excluding tert-OH is 1. The highest BCUT2D eigenvalue weighted by molar-refractivity contribution is 5.89. The number of hydrogen-bond donors (Lipinski definition) is 4. The van der Waals surface area contributed by atoms with Gasteiger partial charge in [-0.25, -0.2) is 0 Å². The number of benzene rings is 2. The molecule has 0 spiro atoms. The quantitative estimate of drug-likeness (QED) is 0.402. The summed E-state index contributed by atoms with van der Waals surface area (Å²) in [4.78, 5) is 24.7. The molecule has 2 aromatic carbocycles. The van der Waals surface area contributed by atoms with Gasteiger partial charge < -0.3 is 26.2 Å². The summed E-state index contributed by atoms with van der Waals surface area (Å²) < 4.78 is 5.24. The second-order valence-corrected chi connectivity index (χ2v) is 8.66. The number of carbonyl (C=O) groups is 2. The average Bonchev–Trinajstić information content (AvgIpc) is 2.78. The highest BCUT2D eigenvalue weighted by atomic mass is 16.5. The third-order valence-corrected chi connectivity index (χ3v) is 6.02. The van der Waals surface area contributed by atoms with E-state index < -0.39 is 29.4 Å². The molecule has 32 heavy (non-hydrogen) atoms. The Morgan fingerprint density at radius 1 is 1.09 bits per heavy atom. The van der Waals surface area contributed by atoms with E-state index in [9.17, 15) is 14.7 Å². The van der Waals surface area contributed by atoms with Gasteiger partial charge >= 0.3 is 0 Å². The fourth-order valence-corrected chi connectivity index (χ4v) is 3.29. The van der Waals surface area contributed by atoms with Gasteiger partial charge in [-0.1, -0.05) is 63.2 Å². The van der Waals surface area contributed by atoms with Crippen molar-refractivity contribution in [3.63, 3.8) is 0 Å². The van der Waals surface area contributed by atoms with Crippen molar-refractivity contribution in [1.29, 1.82) is 0 Å². The summed E-state index contributed by atoms with van der Waals surface area (Å²) >= 11 is 0. The van der Waals surface area contributed by atoms with E-state index in [-0.39, 0.29) is 12.5 Å². The molecule has 174 valence electrons. The minimum Gasteiger partial charge on any atom is -0.497 e. The molecule has 2 amide bonds. The van der Waals surface area contributed by atoms with Crippen molar-refractivity contribution in [3.8, 4) is 5.75 Å². The maximum atomic E-state index is 12.9.